The van der Waals surface area contributed by atoms with E-state index in [-0.39, 0.29) is 0 Å². The van der Waals surface area contributed by atoms with E-state index in [9.17, 15) is 0 Å². The van der Waals surface area contributed by atoms with Crippen molar-refractivity contribution in [3.05, 3.63) is 0 Å². The quantitative estimate of drug-likeness (QED) is 0.656. The first-order valence-corrected chi connectivity index (χ1v) is 7.43. The average Bonchev–Trinajstić information content (AvgIpc) is 3.18. The Kier molecular flexibility index (Phi) is 5.75. The molecule has 0 aromatic carbocycles. The van der Waals surface area contributed by atoms with E-state index in [1.54, 1.807) is 0 Å². The number of piperidine rings is 1. The van der Waals surface area contributed by atoms with Crippen molar-refractivity contribution in [1.29, 1.82) is 0 Å². The molecule has 0 aromatic rings. The van der Waals surface area contributed by atoms with Gasteiger partial charge in [0.2, 0.25) is 0 Å². The van der Waals surface area contributed by atoms with Crippen molar-refractivity contribution >= 4 is 0 Å². The molecule has 0 amide bonds. The number of hydrogen-bond donors (Lipinski definition) is 1. The van der Waals surface area contributed by atoms with Crippen molar-refractivity contribution in [2.24, 2.45) is 5.92 Å². The lowest BCUT2D eigenvalue weighted by atomic mass is 10.1. The van der Waals surface area contributed by atoms with Crippen molar-refractivity contribution in [3.63, 3.8) is 0 Å². The molecule has 2 rings (SSSR count). The minimum atomic E-state index is 0.523. The van der Waals surface area contributed by atoms with Crippen LogP contribution in [0.3, 0.4) is 0 Å². The Morgan fingerprint density at radius 3 is 2.59 bits per heavy atom. The first-order chi connectivity index (χ1) is 8.38. The Morgan fingerprint density at radius 1 is 1.18 bits per heavy atom. The molecule has 3 heteroatoms. The van der Waals surface area contributed by atoms with Gasteiger partial charge in [0.1, 0.15) is 0 Å². The number of nitrogens with zero attached hydrogens (tertiary/aromatic N) is 1. The Morgan fingerprint density at radius 2 is 1.94 bits per heavy atom. The lowest BCUT2D eigenvalue weighted by molar-refractivity contribution is 0.0278. The molecule has 0 aromatic heterocycles. The second kappa shape index (κ2) is 7.34. The van der Waals surface area contributed by atoms with Crippen LogP contribution in [0, 0.1) is 5.92 Å². The molecule has 1 aliphatic heterocycles. The maximum atomic E-state index is 5.93. The van der Waals surface area contributed by atoms with Gasteiger partial charge in [-0.1, -0.05) is 6.92 Å². The van der Waals surface area contributed by atoms with Gasteiger partial charge in [-0.2, -0.15) is 0 Å². The predicted octanol–water partition coefficient (Wildman–Crippen LogP) is 1.88. The van der Waals surface area contributed by atoms with Gasteiger partial charge >= 0.3 is 0 Å². The van der Waals surface area contributed by atoms with E-state index in [1.165, 1.54) is 51.7 Å². The first-order valence-electron chi connectivity index (χ1n) is 7.43. The summed E-state index contributed by atoms with van der Waals surface area (Å²) in [6.45, 7) is 9.23. The van der Waals surface area contributed by atoms with Crippen LogP contribution >= 0.6 is 0 Å². The Bertz CT molecular complexity index is 200. The molecule has 1 saturated carbocycles. The monoisotopic (exact) mass is 240 g/mol. The van der Waals surface area contributed by atoms with Gasteiger partial charge < -0.3 is 15.0 Å². The first kappa shape index (κ1) is 13.3. The van der Waals surface area contributed by atoms with Crippen LogP contribution in [0.1, 0.15) is 39.0 Å². The van der Waals surface area contributed by atoms with Crippen LogP contribution in [-0.4, -0.2) is 50.3 Å². The zero-order chi connectivity index (χ0) is 11.9. The summed E-state index contributed by atoms with van der Waals surface area (Å²) in [6.07, 6.45) is 7.03. The third-order valence-electron chi connectivity index (χ3n) is 3.92. The molecule has 1 N–H and O–H groups in total. The molecule has 0 bridgehead atoms. The largest absolute Gasteiger partial charge is 0.378 e. The Labute approximate surface area is 106 Å². The van der Waals surface area contributed by atoms with Crippen LogP contribution in [0.5, 0.6) is 0 Å². The van der Waals surface area contributed by atoms with E-state index < -0.39 is 0 Å². The molecular formula is C14H28N2O. The highest BCUT2D eigenvalue weighted by Crippen LogP contribution is 2.29. The maximum absolute atomic E-state index is 5.93. The van der Waals surface area contributed by atoms with E-state index in [1.807, 2.05) is 0 Å². The normalized spacial score (nSPS) is 22.2. The van der Waals surface area contributed by atoms with Gasteiger partial charge in [-0.25, -0.2) is 0 Å². The molecule has 3 nitrogen and oxygen atoms in total. The van der Waals surface area contributed by atoms with Gasteiger partial charge in [0.05, 0.1) is 6.10 Å². The van der Waals surface area contributed by atoms with Gasteiger partial charge in [-0.15, -0.1) is 0 Å². The molecule has 1 saturated heterocycles. The van der Waals surface area contributed by atoms with Crippen LogP contribution in [0.15, 0.2) is 0 Å². The number of rotatable bonds is 8. The van der Waals surface area contributed by atoms with Crippen molar-refractivity contribution in [2.75, 3.05) is 39.3 Å². The lowest BCUT2D eigenvalue weighted by Gasteiger charge is -2.24. The summed E-state index contributed by atoms with van der Waals surface area (Å²) in [5.41, 5.74) is 0. The average molecular weight is 240 g/mol. The highest BCUT2D eigenvalue weighted by atomic mass is 16.5. The summed E-state index contributed by atoms with van der Waals surface area (Å²) in [6, 6.07) is 0. The smallest absolute Gasteiger partial charge is 0.0599 e. The third kappa shape index (κ3) is 5.36. The number of ether oxygens (including phenoxy) is 1. The maximum Gasteiger partial charge on any atom is 0.0599 e. The summed E-state index contributed by atoms with van der Waals surface area (Å²) in [5, 5.41) is 3.37. The van der Waals surface area contributed by atoms with E-state index in [4.69, 9.17) is 4.74 Å². The summed E-state index contributed by atoms with van der Waals surface area (Å²) in [7, 11) is 0. The highest BCUT2D eigenvalue weighted by Gasteiger charge is 2.23. The number of hydrogen-bond acceptors (Lipinski definition) is 3. The van der Waals surface area contributed by atoms with Gasteiger partial charge in [0.25, 0.3) is 0 Å². The van der Waals surface area contributed by atoms with E-state index in [0.29, 0.717) is 6.10 Å². The van der Waals surface area contributed by atoms with Gasteiger partial charge in [-0.05, 0) is 57.7 Å². The van der Waals surface area contributed by atoms with E-state index in [2.05, 4.69) is 17.1 Å². The Hall–Kier alpha value is -0.120. The van der Waals surface area contributed by atoms with Gasteiger partial charge in [0.15, 0.2) is 0 Å². The number of nitrogens with one attached hydrogen (secondary N) is 1. The van der Waals surface area contributed by atoms with Crippen LogP contribution in [-0.2, 0) is 4.74 Å². The predicted molar refractivity (Wildman–Crippen MR) is 71.3 cm³/mol. The highest BCUT2D eigenvalue weighted by molar-refractivity contribution is 4.76. The minimum absolute atomic E-state index is 0.523. The molecule has 0 atom stereocenters. The molecule has 17 heavy (non-hydrogen) atoms. The van der Waals surface area contributed by atoms with E-state index in [0.717, 1.165) is 25.6 Å². The second-order valence-corrected chi connectivity index (χ2v) is 5.51. The minimum Gasteiger partial charge on any atom is -0.378 e. The molecular weight excluding hydrogens is 212 g/mol. The van der Waals surface area contributed by atoms with Gasteiger partial charge in [-0.3, -0.25) is 0 Å². The van der Waals surface area contributed by atoms with Crippen LogP contribution in [0.25, 0.3) is 0 Å². The zero-order valence-corrected chi connectivity index (χ0v) is 11.3. The fourth-order valence-corrected chi connectivity index (χ4v) is 2.54. The fraction of sp³-hybridized carbons (Fsp3) is 1.00. The van der Waals surface area contributed by atoms with Crippen molar-refractivity contribution in [2.45, 2.75) is 45.1 Å². The molecule has 100 valence electrons. The topological polar surface area (TPSA) is 24.5 Å². The molecule has 1 aliphatic carbocycles. The zero-order valence-electron chi connectivity index (χ0n) is 11.3. The Balaban J connectivity index is 1.48. The molecule has 1 heterocycles. The van der Waals surface area contributed by atoms with Gasteiger partial charge in [0, 0.05) is 19.7 Å². The van der Waals surface area contributed by atoms with Crippen molar-refractivity contribution < 1.29 is 4.74 Å². The SMILES string of the molecule is CCN(CCCOC1CCNCC1)CC1CC1. The third-order valence-corrected chi connectivity index (χ3v) is 3.92. The second-order valence-electron chi connectivity index (χ2n) is 5.51. The van der Waals surface area contributed by atoms with Crippen LogP contribution in [0.2, 0.25) is 0 Å². The molecule has 0 unspecified atom stereocenters. The van der Waals surface area contributed by atoms with E-state index >= 15 is 0 Å². The molecule has 2 fully saturated rings. The van der Waals surface area contributed by atoms with Crippen molar-refractivity contribution in [3.8, 4) is 0 Å². The van der Waals surface area contributed by atoms with Crippen LogP contribution in [0.4, 0.5) is 0 Å². The fourth-order valence-electron chi connectivity index (χ4n) is 2.54. The lowest BCUT2D eigenvalue weighted by Crippen LogP contribution is -2.33. The molecule has 2 aliphatic rings. The summed E-state index contributed by atoms with van der Waals surface area (Å²) >= 11 is 0. The molecule has 0 spiro atoms. The molecule has 0 radical (unpaired) electrons. The summed E-state index contributed by atoms with van der Waals surface area (Å²) in [4.78, 5) is 2.59. The van der Waals surface area contributed by atoms with Crippen molar-refractivity contribution in [1.82, 2.24) is 10.2 Å². The standard InChI is InChI=1S/C14H28N2O/c1-2-16(12-13-4-5-13)10-3-11-17-14-6-8-15-9-7-14/h13-15H,2-12H2,1H3. The summed E-state index contributed by atoms with van der Waals surface area (Å²) in [5.74, 6) is 1.01. The van der Waals surface area contributed by atoms with Crippen LogP contribution < -0.4 is 5.32 Å². The summed E-state index contributed by atoms with van der Waals surface area (Å²) < 4.78 is 5.93.